The molecule has 1 N–H and O–H groups in total. The number of rotatable bonds is 4. The first-order valence-electron chi connectivity index (χ1n) is 9.19. The number of benzene rings is 2. The highest BCUT2D eigenvalue weighted by Gasteiger charge is 2.46. The van der Waals surface area contributed by atoms with Crippen molar-refractivity contribution >= 4 is 29.1 Å². The maximum atomic E-state index is 14.1. The van der Waals surface area contributed by atoms with Crippen molar-refractivity contribution in [1.82, 2.24) is 4.90 Å². The highest BCUT2D eigenvalue weighted by atomic mass is 35.5. The third-order valence-corrected chi connectivity index (χ3v) is 5.29. The van der Waals surface area contributed by atoms with Gasteiger partial charge in [-0.3, -0.25) is 9.59 Å². The number of halogens is 2. The predicted molar refractivity (Wildman–Crippen MR) is 109 cm³/mol. The van der Waals surface area contributed by atoms with Crippen molar-refractivity contribution in [1.29, 1.82) is 0 Å². The number of aryl methyl sites for hydroxylation is 1. The molecule has 2 aromatic carbocycles. The van der Waals surface area contributed by atoms with E-state index in [1.165, 1.54) is 23.3 Å². The number of carbonyl (C=O) groups excluding carboxylic acids is 2. The van der Waals surface area contributed by atoms with E-state index in [9.17, 15) is 19.1 Å². The van der Waals surface area contributed by atoms with E-state index < -0.39 is 29.3 Å². The number of ketones is 1. The van der Waals surface area contributed by atoms with Gasteiger partial charge in [0.25, 0.3) is 11.7 Å². The molecule has 1 aromatic heterocycles. The Bertz CT molecular complexity index is 1170. The topological polar surface area (TPSA) is 70.8 Å². The Morgan fingerprint density at radius 2 is 1.97 bits per heavy atom. The van der Waals surface area contributed by atoms with Crippen LogP contribution in [0.2, 0.25) is 5.02 Å². The van der Waals surface area contributed by atoms with E-state index in [0.717, 1.165) is 6.07 Å². The van der Waals surface area contributed by atoms with Crippen molar-refractivity contribution in [3.05, 3.63) is 99.7 Å². The molecule has 3 aromatic rings. The van der Waals surface area contributed by atoms with Gasteiger partial charge in [0.15, 0.2) is 0 Å². The minimum atomic E-state index is -0.904. The Morgan fingerprint density at radius 1 is 1.17 bits per heavy atom. The molecule has 5 nitrogen and oxygen atoms in total. The number of amides is 1. The lowest BCUT2D eigenvalue weighted by molar-refractivity contribution is -0.140. The molecule has 7 heteroatoms. The molecule has 4 rings (SSSR count). The lowest BCUT2D eigenvalue weighted by Crippen LogP contribution is -2.29. The average Bonchev–Trinajstić information content (AvgIpc) is 3.32. The Hall–Kier alpha value is -3.38. The summed E-state index contributed by atoms with van der Waals surface area (Å²) in [4.78, 5) is 27.1. The molecule has 152 valence electrons. The quantitative estimate of drug-likeness (QED) is 0.362. The first-order valence-corrected chi connectivity index (χ1v) is 9.57. The van der Waals surface area contributed by atoms with Crippen LogP contribution in [0.15, 0.2) is 70.9 Å². The van der Waals surface area contributed by atoms with Gasteiger partial charge >= 0.3 is 0 Å². The zero-order valence-corrected chi connectivity index (χ0v) is 16.7. The lowest BCUT2D eigenvalue weighted by Gasteiger charge is -2.24. The van der Waals surface area contributed by atoms with Gasteiger partial charge in [-0.1, -0.05) is 35.9 Å². The number of hydrogen-bond acceptors (Lipinski definition) is 4. The lowest BCUT2D eigenvalue weighted by atomic mass is 9.95. The Morgan fingerprint density at radius 3 is 2.63 bits per heavy atom. The normalized spacial score (nSPS) is 18.2. The van der Waals surface area contributed by atoms with E-state index in [0.29, 0.717) is 21.9 Å². The van der Waals surface area contributed by atoms with Gasteiger partial charge in [0.1, 0.15) is 17.3 Å². The minimum Gasteiger partial charge on any atom is -0.507 e. The largest absolute Gasteiger partial charge is 0.507 e. The van der Waals surface area contributed by atoms with E-state index in [2.05, 4.69) is 0 Å². The molecule has 30 heavy (non-hydrogen) atoms. The number of aliphatic hydroxyl groups is 1. The Kier molecular flexibility index (Phi) is 5.18. The minimum absolute atomic E-state index is 0.0216. The summed E-state index contributed by atoms with van der Waals surface area (Å²) < 4.78 is 19.4. The van der Waals surface area contributed by atoms with Crippen LogP contribution in [0.3, 0.4) is 0 Å². The van der Waals surface area contributed by atoms with Crippen LogP contribution in [0.25, 0.3) is 5.76 Å². The second kappa shape index (κ2) is 7.80. The van der Waals surface area contributed by atoms with Crippen molar-refractivity contribution in [3.63, 3.8) is 0 Å². The maximum absolute atomic E-state index is 14.1. The third-order valence-electron chi connectivity index (χ3n) is 5.06. The van der Waals surface area contributed by atoms with Gasteiger partial charge in [0.2, 0.25) is 0 Å². The van der Waals surface area contributed by atoms with Crippen LogP contribution in [-0.2, 0) is 16.1 Å². The number of Topliss-reactive ketones (excluding diaryl/α,β-unsaturated/α-hetero) is 1. The van der Waals surface area contributed by atoms with E-state index in [-0.39, 0.29) is 17.7 Å². The zero-order chi connectivity index (χ0) is 21.4. The highest BCUT2D eigenvalue weighted by Crippen LogP contribution is 2.41. The fourth-order valence-corrected chi connectivity index (χ4v) is 3.73. The SMILES string of the molecule is Cc1ccc(C(O)=C2C(=O)C(=O)N(Cc3ccco3)[C@H]2c2cccc(Cl)c2)cc1F. The molecule has 2 heterocycles. The Labute approximate surface area is 177 Å². The molecule has 1 atom stereocenters. The summed E-state index contributed by atoms with van der Waals surface area (Å²) in [7, 11) is 0. The van der Waals surface area contributed by atoms with Crippen LogP contribution >= 0.6 is 11.6 Å². The monoisotopic (exact) mass is 425 g/mol. The molecule has 0 spiro atoms. The van der Waals surface area contributed by atoms with E-state index in [1.54, 1.807) is 43.3 Å². The molecule has 0 bridgehead atoms. The van der Waals surface area contributed by atoms with Crippen molar-refractivity contribution in [2.75, 3.05) is 0 Å². The van der Waals surface area contributed by atoms with Gasteiger partial charge in [-0.05, 0) is 48.4 Å². The second-order valence-electron chi connectivity index (χ2n) is 7.03. The number of carbonyl (C=O) groups is 2. The molecule has 0 saturated carbocycles. The molecule has 1 fully saturated rings. The molecule has 1 saturated heterocycles. The van der Waals surface area contributed by atoms with Gasteiger partial charge in [-0.25, -0.2) is 4.39 Å². The van der Waals surface area contributed by atoms with Gasteiger partial charge in [0.05, 0.1) is 24.4 Å². The number of furan rings is 1. The predicted octanol–water partition coefficient (Wildman–Crippen LogP) is 5.00. The van der Waals surface area contributed by atoms with Crippen LogP contribution in [0.1, 0.15) is 28.5 Å². The fraction of sp³-hybridized carbons (Fsp3) is 0.130. The highest BCUT2D eigenvalue weighted by molar-refractivity contribution is 6.46. The molecule has 1 aliphatic heterocycles. The van der Waals surface area contributed by atoms with Crippen LogP contribution in [-0.4, -0.2) is 21.7 Å². The standard InChI is InChI=1S/C23H17ClFNO4/c1-13-7-8-15(11-18(13)25)21(27)19-20(14-4-2-5-16(24)10-14)26(23(29)22(19)28)12-17-6-3-9-30-17/h2-11,20,27H,12H2,1H3/t20-/m0/s1. The summed E-state index contributed by atoms with van der Waals surface area (Å²) in [6, 6.07) is 13.3. The summed E-state index contributed by atoms with van der Waals surface area (Å²) in [5, 5.41) is 11.3. The summed E-state index contributed by atoms with van der Waals surface area (Å²) in [5.74, 6) is -2.14. The van der Waals surface area contributed by atoms with E-state index in [4.69, 9.17) is 16.0 Å². The smallest absolute Gasteiger partial charge is 0.296 e. The molecule has 1 aliphatic rings. The van der Waals surface area contributed by atoms with E-state index >= 15 is 0 Å². The first kappa shape index (κ1) is 19.9. The summed E-state index contributed by atoms with van der Waals surface area (Å²) in [6.07, 6.45) is 1.47. The van der Waals surface area contributed by atoms with Crippen molar-refractivity contribution in [3.8, 4) is 0 Å². The van der Waals surface area contributed by atoms with Crippen molar-refractivity contribution < 1.29 is 23.5 Å². The zero-order valence-electron chi connectivity index (χ0n) is 15.9. The van der Waals surface area contributed by atoms with E-state index in [1.807, 2.05) is 0 Å². The number of aliphatic hydroxyl groups excluding tert-OH is 1. The summed E-state index contributed by atoms with van der Waals surface area (Å²) in [6.45, 7) is 1.61. The van der Waals surface area contributed by atoms with Crippen LogP contribution in [0.4, 0.5) is 4.39 Å². The summed E-state index contributed by atoms with van der Waals surface area (Å²) >= 11 is 6.13. The first-order chi connectivity index (χ1) is 14.4. The van der Waals surface area contributed by atoms with Gasteiger partial charge < -0.3 is 14.4 Å². The van der Waals surface area contributed by atoms with Crippen LogP contribution < -0.4 is 0 Å². The Balaban J connectivity index is 1.89. The molecular formula is C23H17ClFNO4. The second-order valence-corrected chi connectivity index (χ2v) is 7.46. The van der Waals surface area contributed by atoms with Gasteiger partial charge in [-0.2, -0.15) is 0 Å². The number of hydrogen-bond donors (Lipinski definition) is 1. The van der Waals surface area contributed by atoms with Crippen molar-refractivity contribution in [2.45, 2.75) is 19.5 Å². The van der Waals surface area contributed by atoms with Crippen LogP contribution in [0.5, 0.6) is 0 Å². The molecular weight excluding hydrogens is 409 g/mol. The van der Waals surface area contributed by atoms with Gasteiger partial charge in [0, 0.05) is 10.6 Å². The molecule has 0 radical (unpaired) electrons. The fourth-order valence-electron chi connectivity index (χ4n) is 3.53. The molecule has 1 amide bonds. The molecule has 0 unspecified atom stereocenters. The summed E-state index contributed by atoms with van der Waals surface area (Å²) in [5.41, 5.74) is 0.928. The molecule has 0 aliphatic carbocycles. The average molecular weight is 426 g/mol. The number of nitrogens with zero attached hydrogens (tertiary/aromatic N) is 1. The third kappa shape index (κ3) is 3.50. The van der Waals surface area contributed by atoms with Gasteiger partial charge in [-0.15, -0.1) is 0 Å². The number of likely N-dealkylation sites (tertiary alicyclic amines) is 1. The maximum Gasteiger partial charge on any atom is 0.296 e. The van der Waals surface area contributed by atoms with Crippen molar-refractivity contribution in [2.24, 2.45) is 0 Å². The van der Waals surface area contributed by atoms with Crippen LogP contribution in [0, 0.1) is 12.7 Å².